The van der Waals surface area contributed by atoms with E-state index in [9.17, 15) is 4.79 Å². The molecule has 24 heavy (non-hydrogen) atoms. The van der Waals surface area contributed by atoms with Crippen molar-refractivity contribution in [2.75, 3.05) is 19.6 Å². The summed E-state index contributed by atoms with van der Waals surface area (Å²) in [6, 6.07) is 6.79. The van der Waals surface area contributed by atoms with E-state index in [4.69, 9.17) is 10.5 Å². The summed E-state index contributed by atoms with van der Waals surface area (Å²) < 4.78 is 5.44. The summed E-state index contributed by atoms with van der Waals surface area (Å²) in [6.07, 6.45) is 2.03. The average molecular weight is 332 g/mol. The lowest BCUT2D eigenvalue weighted by Crippen LogP contribution is -2.49. The number of benzene rings is 1. The Balaban J connectivity index is 1.94. The molecule has 134 valence electrons. The van der Waals surface area contributed by atoms with E-state index in [2.05, 4.69) is 36.9 Å². The zero-order valence-corrected chi connectivity index (χ0v) is 15.8. The van der Waals surface area contributed by atoms with Crippen LogP contribution in [0.4, 0.5) is 0 Å². The van der Waals surface area contributed by atoms with Gasteiger partial charge in [0.05, 0.1) is 6.54 Å². The van der Waals surface area contributed by atoms with Crippen LogP contribution < -0.4 is 5.73 Å². The highest BCUT2D eigenvalue weighted by Gasteiger charge is 2.28. The Labute approximate surface area is 146 Å². The van der Waals surface area contributed by atoms with E-state index in [1.807, 2.05) is 20.8 Å². The van der Waals surface area contributed by atoms with E-state index in [1.165, 1.54) is 16.7 Å². The molecule has 2 atom stereocenters. The highest BCUT2D eigenvalue weighted by Crippen LogP contribution is 2.22. The highest BCUT2D eigenvalue weighted by molar-refractivity contribution is 5.72. The van der Waals surface area contributed by atoms with Crippen LogP contribution in [-0.2, 0) is 16.0 Å². The van der Waals surface area contributed by atoms with Crippen LogP contribution in [0.1, 0.15) is 43.9 Å². The van der Waals surface area contributed by atoms with Crippen LogP contribution in [0.3, 0.4) is 0 Å². The van der Waals surface area contributed by atoms with Crippen molar-refractivity contribution in [3.8, 4) is 0 Å². The Morgan fingerprint density at radius 2 is 1.96 bits per heavy atom. The Morgan fingerprint density at radius 1 is 1.25 bits per heavy atom. The van der Waals surface area contributed by atoms with Crippen LogP contribution >= 0.6 is 0 Å². The van der Waals surface area contributed by atoms with Crippen molar-refractivity contribution in [2.24, 2.45) is 11.7 Å². The Bertz CT molecular complexity index is 577. The fourth-order valence-corrected chi connectivity index (χ4v) is 3.45. The third kappa shape index (κ3) is 5.91. The maximum absolute atomic E-state index is 12.1. The first-order valence-electron chi connectivity index (χ1n) is 8.88. The van der Waals surface area contributed by atoms with Gasteiger partial charge in [0, 0.05) is 19.1 Å². The number of carbonyl (C=O) groups excluding carboxylic acids is 1. The van der Waals surface area contributed by atoms with Crippen LogP contribution in [0.5, 0.6) is 0 Å². The van der Waals surface area contributed by atoms with Gasteiger partial charge in [-0.05, 0) is 70.1 Å². The van der Waals surface area contributed by atoms with E-state index in [-0.39, 0.29) is 12.0 Å². The van der Waals surface area contributed by atoms with Crippen LogP contribution in [0.15, 0.2) is 18.2 Å². The molecule has 0 aliphatic carbocycles. The fraction of sp³-hybridized carbons (Fsp3) is 0.650. The van der Waals surface area contributed by atoms with E-state index >= 15 is 0 Å². The minimum absolute atomic E-state index is 0.123. The summed E-state index contributed by atoms with van der Waals surface area (Å²) in [4.78, 5) is 14.2. The first-order valence-corrected chi connectivity index (χ1v) is 8.88. The van der Waals surface area contributed by atoms with Gasteiger partial charge in [-0.25, -0.2) is 0 Å². The van der Waals surface area contributed by atoms with E-state index < -0.39 is 5.60 Å². The molecule has 1 aliphatic rings. The quantitative estimate of drug-likeness (QED) is 0.862. The SMILES string of the molecule is Cc1ccc(CC2CC(N)CN(CC(=O)OC(C)(C)C)C2)cc1C. The van der Waals surface area contributed by atoms with Crippen LogP contribution in [0, 0.1) is 19.8 Å². The van der Waals surface area contributed by atoms with Crippen molar-refractivity contribution in [2.45, 2.75) is 59.1 Å². The predicted molar refractivity (Wildman–Crippen MR) is 98.0 cm³/mol. The van der Waals surface area contributed by atoms with Crippen molar-refractivity contribution in [3.63, 3.8) is 0 Å². The normalized spacial score (nSPS) is 22.4. The van der Waals surface area contributed by atoms with Gasteiger partial charge in [-0.3, -0.25) is 9.69 Å². The zero-order valence-electron chi connectivity index (χ0n) is 15.8. The number of carbonyl (C=O) groups is 1. The van der Waals surface area contributed by atoms with Gasteiger partial charge in [0.25, 0.3) is 0 Å². The monoisotopic (exact) mass is 332 g/mol. The molecule has 4 nitrogen and oxygen atoms in total. The molecule has 0 aromatic heterocycles. The number of piperidine rings is 1. The minimum atomic E-state index is -0.437. The number of ether oxygens (including phenoxy) is 1. The van der Waals surface area contributed by atoms with Gasteiger partial charge in [0.1, 0.15) is 5.60 Å². The molecule has 2 N–H and O–H groups in total. The molecule has 2 unspecified atom stereocenters. The molecule has 0 bridgehead atoms. The molecule has 2 rings (SSSR count). The molecule has 0 spiro atoms. The topological polar surface area (TPSA) is 55.6 Å². The molecule has 1 aliphatic heterocycles. The summed E-state index contributed by atoms with van der Waals surface area (Å²) in [7, 11) is 0. The van der Waals surface area contributed by atoms with Crippen LogP contribution in [0.25, 0.3) is 0 Å². The number of rotatable bonds is 4. The summed E-state index contributed by atoms with van der Waals surface area (Å²) in [6.45, 7) is 12.0. The molecule has 1 aromatic carbocycles. The molecular weight excluding hydrogens is 300 g/mol. The number of likely N-dealkylation sites (tertiary alicyclic amines) is 1. The van der Waals surface area contributed by atoms with E-state index in [0.29, 0.717) is 12.5 Å². The number of hydrogen-bond donors (Lipinski definition) is 1. The third-order valence-electron chi connectivity index (χ3n) is 4.51. The smallest absolute Gasteiger partial charge is 0.320 e. The first-order chi connectivity index (χ1) is 11.1. The molecule has 0 amide bonds. The second kappa shape index (κ2) is 7.66. The maximum Gasteiger partial charge on any atom is 0.320 e. The number of nitrogens with zero attached hydrogens (tertiary/aromatic N) is 1. The summed E-state index contributed by atoms with van der Waals surface area (Å²) in [5.74, 6) is 0.319. The Morgan fingerprint density at radius 3 is 2.58 bits per heavy atom. The van der Waals surface area contributed by atoms with Gasteiger partial charge in [-0.2, -0.15) is 0 Å². The molecule has 1 fully saturated rings. The molecule has 1 heterocycles. The maximum atomic E-state index is 12.1. The van der Waals surface area contributed by atoms with Gasteiger partial charge in [-0.1, -0.05) is 18.2 Å². The van der Waals surface area contributed by atoms with Gasteiger partial charge in [0.15, 0.2) is 0 Å². The van der Waals surface area contributed by atoms with E-state index in [0.717, 1.165) is 25.9 Å². The van der Waals surface area contributed by atoms with Crippen LogP contribution in [-0.4, -0.2) is 42.1 Å². The van der Waals surface area contributed by atoms with Crippen molar-refractivity contribution >= 4 is 5.97 Å². The highest BCUT2D eigenvalue weighted by atomic mass is 16.6. The number of hydrogen-bond acceptors (Lipinski definition) is 4. The lowest BCUT2D eigenvalue weighted by Gasteiger charge is -2.36. The Kier molecular flexibility index (Phi) is 6.05. The molecule has 1 saturated heterocycles. The minimum Gasteiger partial charge on any atom is -0.459 e. The van der Waals surface area contributed by atoms with Crippen molar-refractivity contribution in [1.82, 2.24) is 4.90 Å². The predicted octanol–water partition coefficient (Wildman–Crippen LogP) is 2.84. The summed E-state index contributed by atoms with van der Waals surface area (Å²) in [5, 5.41) is 0. The third-order valence-corrected chi connectivity index (χ3v) is 4.51. The number of aryl methyl sites for hydroxylation is 2. The summed E-state index contributed by atoms with van der Waals surface area (Å²) in [5.41, 5.74) is 9.81. The second-order valence-electron chi connectivity index (χ2n) is 8.27. The lowest BCUT2D eigenvalue weighted by atomic mass is 9.88. The largest absolute Gasteiger partial charge is 0.459 e. The second-order valence-corrected chi connectivity index (χ2v) is 8.27. The lowest BCUT2D eigenvalue weighted by molar-refractivity contribution is -0.156. The molecule has 0 radical (unpaired) electrons. The molecule has 1 aromatic rings. The van der Waals surface area contributed by atoms with Crippen molar-refractivity contribution in [1.29, 1.82) is 0 Å². The van der Waals surface area contributed by atoms with Gasteiger partial charge in [0.2, 0.25) is 0 Å². The van der Waals surface area contributed by atoms with Crippen LogP contribution in [0.2, 0.25) is 0 Å². The molecule has 0 saturated carbocycles. The molecule has 4 heteroatoms. The number of esters is 1. The fourth-order valence-electron chi connectivity index (χ4n) is 3.45. The Hall–Kier alpha value is -1.39. The van der Waals surface area contributed by atoms with Crippen molar-refractivity contribution < 1.29 is 9.53 Å². The standard InChI is InChI=1S/C20H32N2O2/c1-14-6-7-16(8-15(14)2)9-17-10-18(21)12-22(11-17)13-19(23)24-20(3,4)5/h6-8,17-18H,9-13,21H2,1-5H3. The van der Waals surface area contributed by atoms with E-state index in [1.54, 1.807) is 0 Å². The van der Waals surface area contributed by atoms with Gasteiger partial charge < -0.3 is 10.5 Å². The molecular formula is C20H32N2O2. The van der Waals surface area contributed by atoms with Crippen molar-refractivity contribution in [3.05, 3.63) is 34.9 Å². The zero-order chi connectivity index (χ0) is 17.9. The number of nitrogens with two attached hydrogens (primary N) is 1. The average Bonchev–Trinajstić information content (AvgIpc) is 2.40. The summed E-state index contributed by atoms with van der Waals surface area (Å²) >= 11 is 0. The first kappa shape index (κ1) is 18.9. The van der Waals surface area contributed by atoms with Gasteiger partial charge in [-0.15, -0.1) is 0 Å². The van der Waals surface area contributed by atoms with Gasteiger partial charge >= 0.3 is 5.97 Å².